The number of piperidine rings is 1. The van der Waals surface area contributed by atoms with E-state index in [1.54, 1.807) is 6.20 Å². The van der Waals surface area contributed by atoms with Crippen molar-refractivity contribution in [2.45, 2.75) is 39.2 Å². The molecule has 116 valence electrons. The number of ether oxygens (including phenoxy) is 1. The minimum atomic E-state index is -0.0116. The monoisotopic (exact) mass is 291 g/mol. The van der Waals surface area contributed by atoms with Crippen molar-refractivity contribution in [1.82, 2.24) is 9.88 Å². The van der Waals surface area contributed by atoms with E-state index >= 15 is 0 Å². The molecule has 0 saturated carbocycles. The topological polar surface area (TPSA) is 54.5 Å². The normalized spacial score (nSPS) is 19.4. The van der Waals surface area contributed by atoms with Crippen LogP contribution in [0.4, 0.5) is 5.82 Å². The van der Waals surface area contributed by atoms with Crippen LogP contribution in [0.1, 0.15) is 31.7 Å². The van der Waals surface area contributed by atoms with Gasteiger partial charge in [0, 0.05) is 19.3 Å². The first-order valence-electron chi connectivity index (χ1n) is 7.74. The molecule has 0 aromatic carbocycles. The second-order valence-corrected chi connectivity index (χ2v) is 5.64. The molecule has 5 heteroatoms. The Kier molecular flexibility index (Phi) is 6.14. The van der Waals surface area contributed by atoms with E-state index in [1.165, 1.54) is 0 Å². The van der Waals surface area contributed by atoms with Gasteiger partial charge in [0.25, 0.3) is 0 Å². The number of anilines is 1. The Bertz CT molecular complexity index is 447. The number of aryl methyl sites for hydroxylation is 1. The van der Waals surface area contributed by atoms with E-state index in [0.29, 0.717) is 12.4 Å². The number of rotatable bonds is 6. The van der Waals surface area contributed by atoms with Gasteiger partial charge in [0.2, 0.25) is 5.91 Å². The zero-order valence-electron chi connectivity index (χ0n) is 13.0. The van der Waals surface area contributed by atoms with Gasteiger partial charge in [-0.05, 0) is 44.4 Å². The number of carbonyl (C=O) groups is 1. The van der Waals surface area contributed by atoms with Crippen molar-refractivity contribution in [3.05, 3.63) is 23.9 Å². The first-order chi connectivity index (χ1) is 10.2. The van der Waals surface area contributed by atoms with Crippen LogP contribution in [0.25, 0.3) is 0 Å². The summed E-state index contributed by atoms with van der Waals surface area (Å²) in [6, 6.07) is 3.77. The number of aromatic nitrogens is 1. The molecule has 1 aromatic heterocycles. The lowest BCUT2D eigenvalue weighted by atomic mass is 10.1. The third-order valence-corrected chi connectivity index (χ3v) is 3.57. The van der Waals surface area contributed by atoms with E-state index in [2.05, 4.69) is 22.1 Å². The SMILES string of the molecule is CCCOC1CCCN(CC(=O)Nc2ccc(C)cn2)C1. The molecule has 2 rings (SSSR count). The number of nitrogens with zero attached hydrogens (tertiary/aromatic N) is 2. The Hall–Kier alpha value is -1.46. The second-order valence-electron chi connectivity index (χ2n) is 5.64. The molecule has 1 aromatic rings. The van der Waals surface area contributed by atoms with E-state index in [9.17, 15) is 4.79 Å². The van der Waals surface area contributed by atoms with Gasteiger partial charge in [-0.3, -0.25) is 9.69 Å². The van der Waals surface area contributed by atoms with Crippen LogP contribution in [0.15, 0.2) is 18.3 Å². The molecular weight excluding hydrogens is 266 g/mol. The minimum absolute atomic E-state index is 0.0116. The highest BCUT2D eigenvalue weighted by Crippen LogP contribution is 2.13. The van der Waals surface area contributed by atoms with Gasteiger partial charge < -0.3 is 10.1 Å². The van der Waals surface area contributed by atoms with Crippen molar-refractivity contribution in [3.63, 3.8) is 0 Å². The molecular formula is C16H25N3O2. The lowest BCUT2D eigenvalue weighted by Gasteiger charge is -2.32. The van der Waals surface area contributed by atoms with Gasteiger partial charge >= 0.3 is 0 Å². The first kappa shape index (κ1) is 15.9. The van der Waals surface area contributed by atoms with Crippen LogP contribution in [0.3, 0.4) is 0 Å². The summed E-state index contributed by atoms with van der Waals surface area (Å²) < 4.78 is 5.79. The number of likely N-dealkylation sites (tertiary alicyclic amines) is 1. The molecule has 2 heterocycles. The molecule has 0 spiro atoms. The molecule has 1 atom stereocenters. The van der Waals surface area contributed by atoms with Gasteiger partial charge in [-0.2, -0.15) is 0 Å². The van der Waals surface area contributed by atoms with Crippen LogP contribution in [0.2, 0.25) is 0 Å². The van der Waals surface area contributed by atoms with Crippen molar-refractivity contribution in [2.75, 3.05) is 31.6 Å². The molecule has 5 nitrogen and oxygen atoms in total. The zero-order valence-corrected chi connectivity index (χ0v) is 13.0. The molecule has 1 aliphatic heterocycles. The Balaban J connectivity index is 1.77. The van der Waals surface area contributed by atoms with Crippen LogP contribution < -0.4 is 5.32 Å². The van der Waals surface area contributed by atoms with Gasteiger partial charge in [0.05, 0.1) is 12.6 Å². The van der Waals surface area contributed by atoms with Gasteiger partial charge in [0.1, 0.15) is 5.82 Å². The predicted molar refractivity (Wildman–Crippen MR) is 83.3 cm³/mol. The largest absolute Gasteiger partial charge is 0.377 e. The van der Waals surface area contributed by atoms with Gasteiger partial charge in [0.15, 0.2) is 0 Å². The number of nitrogens with one attached hydrogen (secondary N) is 1. The van der Waals surface area contributed by atoms with E-state index in [0.717, 1.165) is 44.5 Å². The van der Waals surface area contributed by atoms with Gasteiger partial charge in [-0.25, -0.2) is 4.98 Å². The second kappa shape index (κ2) is 8.10. The Morgan fingerprint density at radius 3 is 3.10 bits per heavy atom. The van der Waals surface area contributed by atoms with Crippen molar-refractivity contribution >= 4 is 11.7 Å². The van der Waals surface area contributed by atoms with Crippen molar-refractivity contribution in [1.29, 1.82) is 0 Å². The summed E-state index contributed by atoms with van der Waals surface area (Å²) in [5.41, 5.74) is 1.08. The number of hydrogen-bond donors (Lipinski definition) is 1. The highest BCUT2D eigenvalue weighted by Gasteiger charge is 2.21. The fourth-order valence-electron chi connectivity index (χ4n) is 2.50. The van der Waals surface area contributed by atoms with Crippen LogP contribution >= 0.6 is 0 Å². The fourth-order valence-corrected chi connectivity index (χ4v) is 2.50. The lowest BCUT2D eigenvalue weighted by molar-refractivity contribution is -0.118. The Labute approximate surface area is 126 Å². The van der Waals surface area contributed by atoms with Crippen LogP contribution in [0, 0.1) is 6.92 Å². The summed E-state index contributed by atoms with van der Waals surface area (Å²) in [6.45, 7) is 7.10. The minimum Gasteiger partial charge on any atom is -0.377 e. The van der Waals surface area contributed by atoms with E-state index in [4.69, 9.17) is 4.74 Å². The van der Waals surface area contributed by atoms with Crippen LogP contribution in [-0.2, 0) is 9.53 Å². The van der Waals surface area contributed by atoms with Crippen LogP contribution in [0.5, 0.6) is 0 Å². The molecule has 0 radical (unpaired) electrons. The van der Waals surface area contributed by atoms with Crippen molar-refractivity contribution in [3.8, 4) is 0 Å². The molecule has 1 amide bonds. The fraction of sp³-hybridized carbons (Fsp3) is 0.625. The summed E-state index contributed by atoms with van der Waals surface area (Å²) in [7, 11) is 0. The van der Waals surface area contributed by atoms with E-state index in [-0.39, 0.29) is 12.0 Å². The van der Waals surface area contributed by atoms with Crippen molar-refractivity contribution < 1.29 is 9.53 Å². The summed E-state index contributed by atoms with van der Waals surface area (Å²) in [6.07, 6.45) is 5.24. The number of amides is 1. The average molecular weight is 291 g/mol. The highest BCUT2D eigenvalue weighted by molar-refractivity contribution is 5.91. The van der Waals surface area contributed by atoms with Gasteiger partial charge in [-0.1, -0.05) is 13.0 Å². The average Bonchev–Trinajstić information content (AvgIpc) is 2.48. The zero-order chi connectivity index (χ0) is 15.1. The lowest BCUT2D eigenvalue weighted by Crippen LogP contribution is -2.43. The maximum atomic E-state index is 12.1. The van der Waals surface area contributed by atoms with E-state index < -0.39 is 0 Å². The number of carbonyl (C=O) groups excluding carboxylic acids is 1. The smallest absolute Gasteiger partial charge is 0.239 e. The molecule has 0 bridgehead atoms. The summed E-state index contributed by atoms with van der Waals surface area (Å²) in [5, 5.41) is 2.84. The number of pyridine rings is 1. The third-order valence-electron chi connectivity index (χ3n) is 3.57. The molecule has 21 heavy (non-hydrogen) atoms. The van der Waals surface area contributed by atoms with Gasteiger partial charge in [-0.15, -0.1) is 0 Å². The van der Waals surface area contributed by atoms with E-state index in [1.807, 2.05) is 19.1 Å². The molecule has 0 aliphatic carbocycles. The van der Waals surface area contributed by atoms with Crippen LogP contribution in [-0.4, -0.2) is 48.1 Å². The maximum absolute atomic E-state index is 12.1. The highest BCUT2D eigenvalue weighted by atomic mass is 16.5. The standard InChI is InChI=1S/C16H25N3O2/c1-3-9-21-14-5-4-8-19(11-14)12-16(20)18-15-7-6-13(2)10-17-15/h6-7,10,14H,3-5,8-9,11-12H2,1-2H3,(H,17,18,20). The number of hydrogen-bond acceptors (Lipinski definition) is 4. The Morgan fingerprint density at radius 2 is 2.38 bits per heavy atom. The quantitative estimate of drug-likeness (QED) is 0.873. The predicted octanol–water partition coefficient (Wildman–Crippen LogP) is 2.22. The molecule has 1 unspecified atom stereocenters. The van der Waals surface area contributed by atoms with Crippen molar-refractivity contribution in [2.24, 2.45) is 0 Å². The summed E-state index contributed by atoms with van der Waals surface area (Å²) >= 11 is 0. The summed E-state index contributed by atoms with van der Waals surface area (Å²) in [5.74, 6) is 0.601. The summed E-state index contributed by atoms with van der Waals surface area (Å²) in [4.78, 5) is 18.4. The molecule has 1 aliphatic rings. The maximum Gasteiger partial charge on any atom is 0.239 e. The first-order valence-corrected chi connectivity index (χ1v) is 7.74. The Morgan fingerprint density at radius 1 is 1.52 bits per heavy atom. The molecule has 1 saturated heterocycles. The molecule has 1 fully saturated rings. The molecule has 1 N–H and O–H groups in total. The third kappa shape index (κ3) is 5.44.